The molecule has 1 aromatic carbocycles. The van der Waals surface area contributed by atoms with Gasteiger partial charge in [0, 0.05) is 12.4 Å². The first-order chi connectivity index (χ1) is 8.38. The number of thiazole rings is 1. The molecular weight excluding hydrogens is 232 g/mol. The molecule has 0 fully saturated rings. The Kier molecular flexibility index (Phi) is 2.49. The molecule has 0 N–H and O–H groups in total. The maximum Gasteiger partial charge on any atom is 0.129 e. The van der Waals surface area contributed by atoms with Crippen molar-refractivity contribution in [3.05, 3.63) is 42.7 Å². The maximum absolute atomic E-state index is 5.35. The molecule has 0 bridgehead atoms. The molecule has 2 heterocycles. The van der Waals surface area contributed by atoms with Crippen LogP contribution in [0.5, 0.6) is 5.75 Å². The van der Waals surface area contributed by atoms with Gasteiger partial charge in [-0.05, 0) is 18.2 Å². The standard InChI is InChI=1S/C13H10N2OS/c1-16-11-5-3-2-4-9(11)13-15-10-6-7-14-8-12(10)17-13/h2-8H,1H3. The Balaban J connectivity index is 2.20. The van der Waals surface area contributed by atoms with Gasteiger partial charge in [0.2, 0.25) is 0 Å². The van der Waals surface area contributed by atoms with Crippen molar-refractivity contribution in [3.8, 4) is 16.3 Å². The molecule has 0 spiro atoms. The second kappa shape index (κ2) is 4.14. The zero-order valence-corrected chi connectivity index (χ0v) is 10.1. The summed E-state index contributed by atoms with van der Waals surface area (Å²) in [6.07, 6.45) is 3.60. The van der Waals surface area contributed by atoms with Crippen LogP contribution < -0.4 is 4.74 Å². The summed E-state index contributed by atoms with van der Waals surface area (Å²) in [6, 6.07) is 9.83. The predicted octanol–water partition coefficient (Wildman–Crippen LogP) is 3.37. The monoisotopic (exact) mass is 242 g/mol. The fourth-order valence-corrected chi connectivity index (χ4v) is 2.68. The van der Waals surface area contributed by atoms with Crippen LogP contribution in [-0.2, 0) is 0 Å². The molecule has 3 nitrogen and oxygen atoms in total. The molecule has 0 amide bonds. The van der Waals surface area contributed by atoms with Gasteiger partial charge in [-0.1, -0.05) is 12.1 Å². The molecule has 0 aliphatic rings. The normalized spacial score (nSPS) is 10.6. The summed E-state index contributed by atoms with van der Waals surface area (Å²) in [4.78, 5) is 8.69. The van der Waals surface area contributed by atoms with Crippen molar-refractivity contribution < 1.29 is 4.74 Å². The lowest BCUT2D eigenvalue weighted by molar-refractivity contribution is 0.416. The number of hydrogen-bond donors (Lipinski definition) is 0. The third kappa shape index (κ3) is 1.76. The lowest BCUT2D eigenvalue weighted by atomic mass is 10.2. The molecule has 17 heavy (non-hydrogen) atoms. The molecule has 0 saturated carbocycles. The number of hydrogen-bond acceptors (Lipinski definition) is 4. The molecule has 84 valence electrons. The van der Waals surface area contributed by atoms with E-state index < -0.39 is 0 Å². The van der Waals surface area contributed by atoms with E-state index in [9.17, 15) is 0 Å². The summed E-state index contributed by atoms with van der Waals surface area (Å²) in [6.45, 7) is 0. The van der Waals surface area contributed by atoms with E-state index in [0.717, 1.165) is 26.5 Å². The summed E-state index contributed by atoms with van der Waals surface area (Å²) in [5.41, 5.74) is 2.00. The Morgan fingerprint density at radius 2 is 2.06 bits per heavy atom. The highest BCUT2D eigenvalue weighted by atomic mass is 32.1. The van der Waals surface area contributed by atoms with Crippen LogP contribution in [-0.4, -0.2) is 17.1 Å². The van der Waals surface area contributed by atoms with E-state index in [2.05, 4.69) is 9.97 Å². The van der Waals surface area contributed by atoms with Gasteiger partial charge >= 0.3 is 0 Å². The van der Waals surface area contributed by atoms with Crippen LogP contribution in [0.1, 0.15) is 0 Å². The van der Waals surface area contributed by atoms with Crippen LogP contribution >= 0.6 is 11.3 Å². The lowest BCUT2D eigenvalue weighted by Gasteiger charge is -2.04. The summed E-state index contributed by atoms with van der Waals surface area (Å²) < 4.78 is 6.44. The molecule has 0 atom stereocenters. The number of fused-ring (bicyclic) bond motifs is 1. The van der Waals surface area contributed by atoms with Crippen LogP contribution in [0, 0.1) is 0 Å². The zero-order chi connectivity index (χ0) is 11.7. The molecule has 0 unspecified atom stereocenters. The summed E-state index contributed by atoms with van der Waals surface area (Å²) in [7, 11) is 1.67. The van der Waals surface area contributed by atoms with E-state index >= 15 is 0 Å². The highest BCUT2D eigenvalue weighted by molar-refractivity contribution is 7.21. The van der Waals surface area contributed by atoms with Gasteiger partial charge < -0.3 is 4.74 Å². The third-order valence-electron chi connectivity index (χ3n) is 2.53. The summed E-state index contributed by atoms with van der Waals surface area (Å²) in [5, 5.41) is 0.963. The van der Waals surface area contributed by atoms with Crippen molar-refractivity contribution in [2.75, 3.05) is 7.11 Å². The molecule has 3 aromatic rings. The molecule has 3 rings (SSSR count). The average molecular weight is 242 g/mol. The topological polar surface area (TPSA) is 35.0 Å². The van der Waals surface area contributed by atoms with Crippen LogP contribution in [0.2, 0.25) is 0 Å². The predicted molar refractivity (Wildman–Crippen MR) is 69.4 cm³/mol. The number of rotatable bonds is 2. The first-order valence-electron chi connectivity index (χ1n) is 5.22. The smallest absolute Gasteiger partial charge is 0.129 e. The van der Waals surface area contributed by atoms with Crippen LogP contribution in [0.15, 0.2) is 42.7 Å². The summed E-state index contributed by atoms with van der Waals surface area (Å²) in [5.74, 6) is 0.847. The minimum absolute atomic E-state index is 0.847. The number of para-hydroxylation sites is 1. The van der Waals surface area contributed by atoms with Crippen molar-refractivity contribution in [2.45, 2.75) is 0 Å². The van der Waals surface area contributed by atoms with Gasteiger partial charge in [-0.3, -0.25) is 4.98 Å². The van der Waals surface area contributed by atoms with Crippen LogP contribution in [0.4, 0.5) is 0 Å². The minimum Gasteiger partial charge on any atom is -0.496 e. The van der Waals surface area contributed by atoms with Gasteiger partial charge in [-0.2, -0.15) is 0 Å². The van der Waals surface area contributed by atoms with E-state index in [1.165, 1.54) is 0 Å². The van der Waals surface area contributed by atoms with Gasteiger partial charge in [-0.25, -0.2) is 4.98 Å². The summed E-state index contributed by atoms with van der Waals surface area (Å²) >= 11 is 1.63. The van der Waals surface area contributed by atoms with E-state index in [1.807, 2.05) is 36.5 Å². The molecule has 0 aliphatic heterocycles. The second-order valence-corrected chi connectivity index (χ2v) is 4.59. The molecule has 2 aromatic heterocycles. The van der Waals surface area contributed by atoms with Crippen molar-refractivity contribution in [2.24, 2.45) is 0 Å². The van der Waals surface area contributed by atoms with Gasteiger partial charge in [-0.15, -0.1) is 11.3 Å². The Morgan fingerprint density at radius 3 is 2.88 bits per heavy atom. The molecule has 4 heteroatoms. The number of pyridine rings is 1. The van der Waals surface area contributed by atoms with Crippen LogP contribution in [0.25, 0.3) is 20.8 Å². The zero-order valence-electron chi connectivity index (χ0n) is 9.25. The van der Waals surface area contributed by atoms with Crippen molar-refractivity contribution in [3.63, 3.8) is 0 Å². The number of benzene rings is 1. The maximum atomic E-state index is 5.35. The molecule has 0 radical (unpaired) electrons. The van der Waals surface area contributed by atoms with E-state index in [-0.39, 0.29) is 0 Å². The van der Waals surface area contributed by atoms with Crippen LogP contribution in [0.3, 0.4) is 0 Å². The van der Waals surface area contributed by atoms with Crippen molar-refractivity contribution in [1.82, 2.24) is 9.97 Å². The highest BCUT2D eigenvalue weighted by Crippen LogP contribution is 2.34. The Bertz CT molecular complexity index is 630. The Hall–Kier alpha value is -1.94. The molecule has 0 aliphatic carbocycles. The van der Waals surface area contributed by atoms with E-state index in [4.69, 9.17) is 4.74 Å². The van der Waals surface area contributed by atoms with Gasteiger partial charge in [0.05, 0.1) is 22.9 Å². The lowest BCUT2D eigenvalue weighted by Crippen LogP contribution is -1.86. The SMILES string of the molecule is COc1ccccc1-c1nc2ccncc2s1. The fourth-order valence-electron chi connectivity index (χ4n) is 1.72. The van der Waals surface area contributed by atoms with Gasteiger partial charge in [0.15, 0.2) is 0 Å². The number of nitrogens with zero attached hydrogens (tertiary/aromatic N) is 2. The fraction of sp³-hybridized carbons (Fsp3) is 0.0769. The second-order valence-electron chi connectivity index (χ2n) is 3.56. The molecule has 0 saturated heterocycles. The van der Waals surface area contributed by atoms with Crippen molar-refractivity contribution in [1.29, 1.82) is 0 Å². The quantitative estimate of drug-likeness (QED) is 0.691. The molecular formula is C13H10N2OS. The van der Waals surface area contributed by atoms with Crippen molar-refractivity contribution >= 4 is 21.6 Å². The number of ether oxygens (including phenoxy) is 1. The Labute approximate surface area is 103 Å². The minimum atomic E-state index is 0.847. The van der Waals surface area contributed by atoms with E-state index in [0.29, 0.717) is 0 Å². The van der Waals surface area contributed by atoms with Gasteiger partial charge in [0.1, 0.15) is 10.8 Å². The number of methoxy groups -OCH3 is 1. The third-order valence-corrected chi connectivity index (χ3v) is 3.57. The Morgan fingerprint density at radius 1 is 1.18 bits per heavy atom. The largest absolute Gasteiger partial charge is 0.496 e. The van der Waals surface area contributed by atoms with E-state index in [1.54, 1.807) is 24.6 Å². The number of aromatic nitrogens is 2. The first kappa shape index (κ1) is 10.2. The van der Waals surface area contributed by atoms with Gasteiger partial charge in [0.25, 0.3) is 0 Å². The highest BCUT2D eigenvalue weighted by Gasteiger charge is 2.10. The average Bonchev–Trinajstić information content (AvgIpc) is 2.82. The first-order valence-corrected chi connectivity index (χ1v) is 6.04.